The maximum Gasteiger partial charge on any atom is 0.242 e. The summed E-state index contributed by atoms with van der Waals surface area (Å²) in [7, 11) is 0. The number of nitrogens with two attached hydrogens (primary N) is 1. The number of aromatic hydroxyl groups is 1. The van der Waals surface area contributed by atoms with Crippen molar-refractivity contribution in [2.24, 2.45) is 5.73 Å². The van der Waals surface area contributed by atoms with E-state index >= 15 is 0 Å². The van der Waals surface area contributed by atoms with Crippen LogP contribution in [0.25, 0.3) is 0 Å². The van der Waals surface area contributed by atoms with Gasteiger partial charge in [-0.15, -0.1) is 0 Å². The Morgan fingerprint density at radius 2 is 1.66 bits per heavy atom. The van der Waals surface area contributed by atoms with Crippen LogP contribution in [-0.4, -0.2) is 73.9 Å². The fraction of sp³-hybridized carbons (Fsp3) is 0.500. The molecular formula is C28H38N2O8. The Morgan fingerprint density at radius 3 is 2.26 bits per heavy atom. The highest BCUT2D eigenvalue weighted by Crippen LogP contribution is 2.38. The first-order chi connectivity index (χ1) is 17.8. The number of carbonyl (C=O) groups is 2. The van der Waals surface area contributed by atoms with E-state index in [1.54, 1.807) is 26.0 Å². The number of aryl methyl sites for hydroxylation is 2. The van der Waals surface area contributed by atoms with Crippen LogP contribution >= 0.6 is 0 Å². The summed E-state index contributed by atoms with van der Waals surface area (Å²) in [6.45, 7) is 4.43. The monoisotopic (exact) mass is 530 g/mol. The van der Waals surface area contributed by atoms with E-state index in [0.29, 0.717) is 19.3 Å². The smallest absolute Gasteiger partial charge is 0.242 e. The van der Waals surface area contributed by atoms with E-state index < -0.39 is 48.6 Å². The average Bonchev–Trinajstić information content (AvgIpc) is 2.85. The highest BCUT2D eigenvalue weighted by atomic mass is 16.5. The number of ether oxygens (including phenoxy) is 1. The van der Waals surface area contributed by atoms with Gasteiger partial charge in [0.2, 0.25) is 11.8 Å². The van der Waals surface area contributed by atoms with E-state index in [-0.39, 0.29) is 23.6 Å². The van der Waals surface area contributed by atoms with Crippen LogP contribution in [0.2, 0.25) is 0 Å². The molecule has 2 aromatic rings. The van der Waals surface area contributed by atoms with E-state index in [1.807, 2.05) is 31.2 Å². The van der Waals surface area contributed by atoms with Crippen molar-refractivity contribution in [3.05, 3.63) is 64.2 Å². The molecule has 2 amide bonds. The molecule has 0 radical (unpaired) electrons. The SMILES string of the molecule is Cc1cc(O)c([C@@H]2O[C@H](CO)[C@@H](O)[C@H](O)[C@H]2O)cc1Cc1ccc(CCCC(=O)NC(C)(C)C(N)=O)cc1. The fourth-order valence-corrected chi connectivity index (χ4v) is 4.50. The maximum absolute atomic E-state index is 12.1. The van der Waals surface area contributed by atoms with Crippen LogP contribution in [0.1, 0.15) is 60.6 Å². The first-order valence-corrected chi connectivity index (χ1v) is 12.7. The van der Waals surface area contributed by atoms with Gasteiger partial charge >= 0.3 is 0 Å². The molecule has 0 bridgehead atoms. The molecule has 10 heteroatoms. The average molecular weight is 531 g/mol. The summed E-state index contributed by atoms with van der Waals surface area (Å²) in [5.74, 6) is -0.941. The van der Waals surface area contributed by atoms with Crippen LogP contribution < -0.4 is 11.1 Å². The molecule has 0 saturated carbocycles. The summed E-state index contributed by atoms with van der Waals surface area (Å²) in [6, 6.07) is 11.2. The molecule has 38 heavy (non-hydrogen) atoms. The lowest BCUT2D eigenvalue weighted by Gasteiger charge is -2.40. The summed E-state index contributed by atoms with van der Waals surface area (Å²) in [6.07, 6.45) is -4.61. The molecule has 5 atom stereocenters. The Hall–Kier alpha value is -3.02. The number of aliphatic hydroxyl groups is 4. The molecule has 10 nitrogen and oxygen atoms in total. The number of primary amides is 1. The molecule has 3 rings (SSSR count). The molecule has 0 aliphatic carbocycles. The van der Waals surface area contributed by atoms with Gasteiger partial charge in [-0.1, -0.05) is 24.3 Å². The summed E-state index contributed by atoms with van der Waals surface area (Å²) >= 11 is 0. The summed E-state index contributed by atoms with van der Waals surface area (Å²) in [4.78, 5) is 23.5. The zero-order chi connectivity index (χ0) is 28.2. The van der Waals surface area contributed by atoms with Crippen molar-refractivity contribution in [3.63, 3.8) is 0 Å². The number of carbonyl (C=O) groups excluding carboxylic acids is 2. The second-order valence-corrected chi connectivity index (χ2v) is 10.5. The topological polar surface area (TPSA) is 183 Å². The number of amides is 2. The Balaban J connectivity index is 1.65. The number of phenolic OH excluding ortho intramolecular Hbond substituents is 1. The largest absolute Gasteiger partial charge is 0.508 e. The van der Waals surface area contributed by atoms with Crippen LogP contribution in [0.15, 0.2) is 36.4 Å². The first kappa shape index (κ1) is 29.5. The van der Waals surface area contributed by atoms with Crippen LogP contribution in [0.5, 0.6) is 5.75 Å². The highest BCUT2D eigenvalue weighted by molar-refractivity contribution is 5.89. The third-order valence-electron chi connectivity index (χ3n) is 7.04. The second kappa shape index (κ2) is 12.2. The van der Waals surface area contributed by atoms with Crippen LogP contribution in [0, 0.1) is 6.92 Å². The molecule has 1 heterocycles. The molecule has 2 aromatic carbocycles. The lowest BCUT2D eigenvalue weighted by atomic mass is 9.88. The van der Waals surface area contributed by atoms with Gasteiger partial charge in [-0.2, -0.15) is 0 Å². The zero-order valence-electron chi connectivity index (χ0n) is 21.9. The zero-order valence-corrected chi connectivity index (χ0v) is 21.9. The van der Waals surface area contributed by atoms with Crippen LogP contribution in [-0.2, 0) is 27.2 Å². The van der Waals surface area contributed by atoms with Crippen LogP contribution in [0.3, 0.4) is 0 Å². The van der Waals surface area contributed by atoms with Gasteiger partial charge in [-0.25, -0.2) is 0 Å². The maximum atomic E-state index is 12.1. The molecule has 0 spiro atoms. The van der Waals surface area contributed by atoms with Crippen molar-refractivity contribution in [2.75, 3.05) is 6.61 Å². The van der Waals surface area contributed by atoms with Crippen molar-refractivity contribution in [1.29, 1.82) is 0 Å². The fourth-order valence-electron chi connectivity index (χ4n) is 4.50. The van der Waals surface area contributed by atoms with Gasteiger partial charge in [0.05, 0.1) is 6.61 Å². The minimum Gasteiger partial charge on any atom is -0.508 e. The van der Waals surface area contributed by atoms with E-state index in [9.17, 15) is 35.1 Å². The van der Waals surface area contributed by atoms with Crippen molar-refractivity contribution in [2.45, 2.75) is 82.5 Å². The number of hydrogen-bond donors (Lipinski definition) is 7. The first-order valence-electron chi connectivity index (χ1n) is 12.7. The Bertz CT molecular complexity index is 1130. The van der Waals surface area contributed by atoms with Crippen molar-refractivity contribution in [1.82, 2.24) is 5.32 Å². The quantitative estimate of drug-likeness (QED) is 0.232. The number of nitrogens with one attached hydrogen (secondary N) is 1. The van der Waals surface area contributed by atoms with Gasteiger partial charge in [0.25, 0.3) is 0 Å². The normalized spacial score (nSPS) is 23.7. The lowest BCUT2D eigenvalue weighted by Crippen LogP contribution is -2.55. The number of benzene rings is 2. The van der Waals surface area contributed by atoms with Gasteiger partial charge in [0, 0.05) is 12.0 Å². The third kappa shape index (κ3) is 6.89. The minimum absolute atomic E-state index is 0.116. The number of rotatable bonds is 10. The predicted octanol–water partition coefficient (Wildman–Crippen LogP) is 0.509. The third-order valence-corrected chi connectivity index (χ3v) is 7.04. The van der Waals surface area contributed by atoms with Gasteiger partial charge in [-0.05, 0) is 74.4 Å². The molecule has 208 valence electrons. The number of hydrogen-bond acceptors (Lipinski definition) is 8. The van der Waals surface area contributed by atoms with E-state index in [0.717, 1.165) is 22.3 Å². The summed E-state index contributed by atoms with van der Waals surface area (Å²) in [5.41, 5.74) is 8.21. The molecule has 0 unspecified atom stereocenters. The molecular weight excluding hydrogens is 492 g/mol. The van der Waals surface area contributed by atoms with Gasteiger partial charge in [-0.3, -0.25) is 9.59 Å². The van der Waals surface area contributed by atoms with Crippen molar-refractivity contribution < 1.29 is 39.9 Å². The van der Waals surface area contributed by atoms with Crippen molar-refractivity contribution in [3.8, 4) is 5.75 Å². The molecule has 0 aromatic heterocycles. The molecule has 1 aliphatic heterocycles. The van der Waals surface area contributed by atoms with E-state index in [1.165, 1.54) is 0 Å². The minimum atomic E-state index is -1.54. The van der Waals surface area contributed by atoms with Crippen molar-refractivity contribution >= 4 is 11.8 Å². The van der Waals surface area contributed by atoms with Gasteiger partial charge in [0.1, 0.15) is 41.8 Å². The van der Waals surface area contributed by atoms with Crippen LogP contribution in [0.4, 0.5) is 0 Å². The number of phenols is 1. The van der Waals surface area contributed by atoms with Gasteiger partial charge < -0.3 is 41.3 Å². The Labute approximate surface area is 222 Å². The molecule has 1 fully saturated rings. The Morgan fingerprint density at radius 1 is 1.03 bits per heavy atom. The van der Waals surface area contributed by atoms with E-state index in [4.69, 9.17) is 10.5 Å². The molecule has 1 aliphatic rings. The molecule has 1 saturated heterocycles. The summed E-state index contributed by atoms with van der Waals surface area (Å²) in [5, 5.41) is 53.4. The van der Waals surface area contributed by atoms with Gasteiger partial charge in [0.15, 0.2) is 0 Å². The lowest BCUT2D eigenvalue weighted by molar-refractivity contribution is -0.232. The van der Waals surface area contributed by atoms with E-state index in [2.05, 4.69) is 5.32 Å². The second-order valence-electron chi connectivity index (χ2n) is 10.5. The predicted molar refractivity (Wildman–Crippen MR) is 139 cm³/mol. The summed E-state index contributed by atoms with van der Waals surface area (Å²) < 4.78 is 5.63. The highest BCUT2D eigenvalue weighted by Gasteiger charge is 2.44. The number of aliphatic hydroxyl groups excluding tert-OH is 4. The standard InChI is InChI=1S/C28H38N2O8/c1-15-11-20(32)19(26-25(36)24(35)23(34)21(14-31)38-26)13-18(15)12-17-9-7-16(8-10-17)5-4-6-22(33)30-28(2,3)27(29)37/h7-11,13,21,23-26,31-32,34-36H,4-6,12,14H2,1-3H3,(H2,29,37)(H,30,33)/t21-,23-,24+,25-,26+/m1/s1. The Kier molecular flexibility index (Phi) is 9.50. The molecule has 8 N–H and O–H groups in total.